The first-order valence-electron chi connectivity index (χ1n) is 14.8. The number of aromatic nitrogens is 1. The number of nitriles is 2. The van der Waals surface area contributed by atoms with Gasteiger partial charge in [-0.15, -0.1) is 5.53 Å². The van der Waals surface area contributed by atoms with Crippen molar-refractivity contribution in [1.29, 1.82) is 10.5 Å². The fourth-order valence-corrected chi connectivity index (χ4v) is 5.75. The third-order valence-electron chi connectivity index (χ3n) is 8.10. The third kappa shape index (κ3) is 5.57. The Labute approximate surface area is 264 Å². The van der Waals surface area contributed by atoms with Crippen LogP contribution in [0.3, 0.4) is 0 Å². The van der Waals surface area contributed by atoms with Crippen LogP contribution in [-0.4, -0.2) is 21.7 Å². The van der Waals surface area contributed by atoms with Gasteiger partial charge in [-0.25, -0.2) is 0 Å². The van der Waals surface area contributed by atoms with Crippen LogP contribution in [0.1, 0.15) is 61.9 Å². The van der Waals surface area contributed by atoms with Crippen molar-refractivity contribution in [3.63, 3.8) is 0 Å². The zero-order valence-electron chi connectivity index (χ0n) is 25.0. The maximum absolute atomic E-state index is 14.0. The van der Waals surface area contributed by atoms with Crippen LogP contribution in [0, 0.1) is 22.7 Å². The average Bonchev–Trinajstić information content (AvgIpc) is 3.73. The van der Waals surface area contributed by atoms with E-state index < -0.39 is 17.7 Å². The highest BCUT2D eigenvalue weighted by molar-refractivity contribution is 6.31. The molecule has 0 unspecified atom stereocenters. The molecule has 0 bridgehead atoms. The number of hydrogen-bond donors (Lipinski definition) is 4. The van der Waals surface area contributed by atoms with E-state index >= 15 is 0 Å². The molecule has 8 nitrogen and oxygen atoms in total. The summed E-state index contributed by atoms with van der Waals surface area (Å²) in [6, 6.07) is 21.7. The number of fused-ring (bicyclic) bond motifs is 1. The molecule has 0 spiro atoms. The van der Waals surface area contributed by atoms with Crippen molar-refractivity contribution in [3.05, 3.63) is 112 Å². The van der Waals surface area contributed by atoms with E-state index in [1.54, 1.807) is 30.3 Å². The molecular formula is C33H28ClF3N8. The summed E-state index contributed by atoms with van der Waals surface area (Å²) in [5.74, 6) is 0. The fourth-order valence-electron chi connectivity index (χ4n) is 5.52. The van der Waals surface area contributed by atoms with Gasteiger partial charge in [0.2, 0.25) is 0 Å². The number of anilines is 2. The number of alkyl halides is 3. The molecule has 45 heavy (non-hydrogen) atoms. The van der Waals surface area contributed by atoms with E-state index in [9.17, 15) is 25.1 Å². The zero-order valence-corrected chi connectivity index (χ0v) is 24.8. The summed E-state index contributed by atoms with van der Waals surface area (Å²) in [5.41, 5.74) is 6.06. The lowest BCUT2D eigenvalue weighted by Gasteiger charge is -2.28. The van der Waals surface area contributed by atoms with Crippen molar-refractivity contribution in [2.75, 3.05) is 10.6 Å². The molecule has 0 saturated heterocycles. The maximum Gasteiger partial charge on any atom is 0.413 e. The van der Waals surface area contributed by atoms with E-state index in [0.717, 1.165) is 10.6 Å². The summed E-state index contributed by atoms with van der Waals surface area (Å²) in [6.45, 7) is 2.01. The molecule has 2 heterocycles. The molecule has 0 amide bonds. The van der Waals surface area contributed by atoms with Gasteiger partial charge in [-0.05, 0) is 48.6 Å². The zero-order chi connectivity index (χ0) is 32.7. The number of halogens is 4. The second kappa shape index (κ2) is 11.8. The smallest absolute Gasteiger partial charge is 0.377 e. The number of hydrazine groups is 2. The molecule has 1 aromatic heterocycles. The van der Waals surface area contributed by atoms with Gasteiger partial charge in [0.1, 0.15) is 12.1 Å². The van der Waals surface area contributed by atoms with Crippen LogP contribution in [0.15, 0.2) is 84.8 Å². The highest BCUT2D eigenvalue weighted by Gasteiger charge is 2.67. The molecule has 6 rings (SSSR count). The summed E-state index contributed by atoms with van der Waals surface area (Å²) in [5, 5.41) is 28.4. The number of pyridine rings is 1. The topological polar surface area (TPSA) is 112 Å². The van der Waals surface area contributed by atoms with Gasteiger partial charge in [-0.1, -0.05) is 67.1 Å². The second-order valence-electron chi connectivity index (χ2n) is 10.9. The van der Waals surface area contributed by atoms with E-state index in [-0.39, 0.29) is 52.0 Å². The van der Waals surface area contributed by atoms with Crippen LogP contribution in [-0.2, 0) is 0 Å². The van der Waals surface area contributed by atoms with Crippen molar-refractivity contribution in [2.24, 2.45) is 0 Å². The predicted octanol–water partition coefficient (Wildman–Crippen LogP) is 7.61. The number of nitrogens with zero attached hydrogens (tertiary/aromatic N) is 4. The van der Waals surface area contributed by atoms with Crippen molar-refractivity contribution in [1.82, 2.24) is 21.0 Å². The summed E-state index contributed by atoms with van der Waals surface area (Å²) in [7, 11) is 0. The van der Waals surface area contributed by atoms with Crippen LogP contribution in [0.2, 0.25) is 5.02 Å². The molecule has 2 atom stereocenters. The molecule has 1 fully saturated rings. The van der Waals surface area contributed by atoms with Gasteiger partial charge in [0.25, 0.3) is 0 Å². The van der Waals surface area contributed by atoms with Gasteiger partial charge in [-0.2, -0.15) is 23.7 Å². The first-order valence-corrected chi connectivity index (χ1v) is 14.6. The Kier molecular flexibility index (Phi) is 7.58. The highest BCUT2D eigenvalue weighted by Crippen LogP contribution is 2.54. The molecule has 12 heteroatoms. The number of rotatable bonds is 9. The SMILES string of the molecule is [2H][C@@](Nc1cc(C#N)c2ncc(C#N)c(N[C@H](CC)c3ccccc3)c2c1)(C1=CN(C2(C(F)(F)F)CC2)NN1)c1ccccc1Cl. The van der Waals surface area contributed by atoms with Gasteiger partial charge < -0.3 is 16.1 Å². The van der Waals surface area contributed by atoms with Gasteiger partial charge in [0.05, 0.1) is 41.5 Å². The fraction of sp³-hybridized carbons (Fsp3) is 0.242. The lowest BCUT2D eigenvalue weighted by Crippen LogP contribution is -2.52. The molecule has 1 aliphatic carbocycles. The standard InChI is InChI=1S/C33H28ClF3N8/c1-2-27(20-8-4-3-5-9-20)42-30-22(17-39)18-40-29-21(16-38)14-23(15-25(29)30)41-31(24-10-6-7-11-26(24)34)28-19-45(44-43-28)32(12-13-32)33(35,36)37/h3-11,14-15,18-19,27,31,41,43-44H,2,12-13H2,1H3,(H,40,42)/t27-,31+/m1/s1/i31D. The number of benzene rings is 3. The summed E-state index contributed by atoms with van der Waals surface area (Å²) in [4.78, 5) is 4.42. The van der Waals surface area contributed by atoms with Crippen LogP contribution < -0.4 is 21.6 Å². The van der Waals surface area contributed by atoms with Crippen molar-refractivity contribution >= 4 is 33.9 Å². The molecule has 4 N–H and O–H groups in total. The molecule has 228 valence electrons. The largest absolute Gasteiger partial charge is 0.413 e. The minimum atomic E-state index is -4.50. The van der Waals surface area contributed by atoms with Gasteiger partial charge in [0.15, 0.2) is 5.54 Å². The number of hydrogen-bond acceptors (Lipinski definition) is 8. The molecule has 4 aromatic rings. The van der Waals surface area contributed by atoms with Crippen molar-refractivity contribution < 1.29 is 14.5 Å². The van der Waals surface area contributed by atoms with Crippen molar-refractivity contribution in [2.45, 2.75) is 50.0 Å². The van der Waals surface area contributed by atoms with Crippen molar-refractivity contribution in [3.8, 4) is 12.1 Å². The minimum Gasteiger partial charge on any atom is -0.377 e. The Morgan fingerprint density at radius 3 is 2.42 bits per heavy atom. The summed E-state index contributed by atoms with van der Waals surface area (Å²) >= 11 is 6.58. The Morgan fingerprint density at radius 2 is 1.78 bits per heavy atom. The van der Waals surface area contributed by atoms with Gasteiger partial charge in [0, 0.05) is 28.5 Å². The first kappa shape index (κ1) is 28.8. The third-order valence-corrected chi connectivity index (χ3v) is 8.43. The Hall–Kier alpha value is -4.97. The van der Waals surface area contributed by atoms with E-state index in [0.29, 0.717) is 23.0 Å². The highest BCUT2D eigenvalue weighted by atomic mass is 35.5. The van der Waals surface area contributed by atoms with Gasteiger partial charge >= 0.3 is 6.18 Å². The van der Waals surface area contributed by atoms with Crippen LogP contribution in [0.25, 0.3) is 10.9 Å². The molecular weight excluding hydrogens is 601 g/mol. The maximum atomic E-state index is 14.0. The average molecular weight is 630 g/mol. The quantitative estimate of drug-likeness (QED) is 0.150. The normalized spacial score (nSPS) is 17.6. The van der Waals surface area contributed by atoms with Crippen LogP contribution >= 0.6 is 11.6 Å². The Bertz CT molecular complexity index is 1920. The lowest BCUT2D eigenvalue weighted by molar-refractivity contribution is -0.195. The summed E-state index contributed by atoms with van der Waals surface area (Å²) < 4.78 is 51.6. The molecule has 0 radical (unpaired) electrons. The second-order valence-corrected chi connectivity index (χ2v) is 11.3. The minimum absolute atomic E-state index is 0.0482. The molecule has 1 saturated carbocycles. The monoisotopic (exact) mass is 629 g/mol. The van der Waals surface area contributed by atoms with Crippen LogP contribution in [0.5, 0.6) is 0 Å². The van der Waals surface area contributed by atoms with Crippen LogP contribution in [0.4, 0.5) is 24.5 Å². The van der Waals surface area contributed by atoms with E-state index in [1.807, 2.05) is 37.3 Å². The Balaban J connectivity index is 1.48. The Morgan fingerprint density at radius 1 is 1.07 bits per heavy atom. The number of nitrogens with one attached hydrogen (secondary N) is 4. The predicted molar refractivity (Wildman–Crippen MR) is 166 cm³/mol. The van der Waals surface area contributed by atoms with Gasteiger partial charge in [-0.3, -0.25) is 9.99 Å². The van der Waals surface area contributed by atoms with E-state index in [2.05, 4.69) is 38.7 Å². The lowest BCUT2D eigenvalue weighted by atomic mass is 10.00. The molecule has 1 aliphatic heterocycles. The first-order chi connectivity index (χ1) is 22.0. The van der Waals surface area contributed by atoms with E-state index in [4.69, 9.17) is 11.6 Å². The van der Waals surface area contributed by atoms with E-state index in [1.165, 1.54) is 18.5 Å². The molecule has 2 aliphatic rings. The summed E-state index contributed by atoms with van der Waals surface area (Å²) in [6.07, 6.45) is -1.36. The molecule has 3 aromatic carbocycles.